The van der Waals surface area contributed by atoms with Gasteiger partial charge in [0.2, 0.25) is 0 Å². The Morgan fingerprint density at radius 2 is 2.19 bits per heavy atom. The van der Waals surface area contributed by atoms with Crippen molar-refractivity contribution in [2.45, 2.75) is 13.0 Å². The van der Waals surface area contributed by atoms with Crippen LogP contribution in [0.2, 0.25) is 0 Å². The van der Waals surface area contributed by atoms with Crippen LogP contribution in [0.4, 0.5) is 16.4 Å². The number of anilines is 2. The average Bonchev–Trinajstić information content (AvgIpc) is 2.92. The Morgan fingerprint density at radius 1 is 1.48 bits per heavy atom. The van der Waals surface area contributed by atoms with Gasteiger partial charge < -0.3 is 10.0 Å². The first-order valence-electron chi connectivity index (χ1n) is 6.14. The molecule has 1 N–H and O–H groups in total. The molecule has 1 heterocycles. The first kappa shape index (κ1) is 15.0. The summed E-state index contributed by atoms with van der Waals surface area (Å²) in [7, 11) is 1.70. The maximum Gasteiger partial charge on any atom is 0.304 e. The summed E-state index contributed by atoms with van der Waals surface area (Å²) in [6.07, 6.45) is -0.763. The third-order valence-corrected chi connectivity index (χ3v) is 4.36. The van der Waals surface area contributed by atoms with Crippen LogP contribution in [-0.2, 0) is 0 Å². The number of thiophene rings is 1. The van der Waals surface area contributed by atoms with E-state index in [0.717, 1.165) is 11.3 Å². The number of nitrogens with zero attached hydrogens (tertiary/aromatic N) is 3. The van der Waals surface area contributed by atoms with Crippen LogP contribution in [0.5, 0.6) is 0 Å². The molecule has 6 nitrogen and oxygen atoms in total. The number of nitriles is 1. The summed E-state index contributed by atoms with van der Waals surface area (Å²) in [4.78, 5) is 12.9. The summed E-state index contributed by atoms with van der Waals surface area (Å²) >= 11 is 1.16. The molecule has 0 bridgehead atoms. The lowest BCUT2D eigenvalue weighted by atomic mass is 10.2. The number of benzene rings is 1. The third-order valence-electron chi connectivity index (χ3n) is 2.99. The van der Waals surface area contributed by atoms with Crippen LogP contribution >= 0.6 is 11.3 Å². The van der Waals surface area contributed by atoms with Gasteiger partial charge in [0, 0.05) is 23.7 Å². The Hall–Kier alpha value is -2.43. The lowest BCUT2D eigenvalue weighted by molar-refractivity contribution is -0.383. The quantitative estimate of drug-likeness (QED) is 0.691. The molecule has 0 amide bonds. The van der Waals surface area contributed by atoms with Gasteiger partial charge in [-0.3, -0.25) is 10.1 Å². The first-order valence-corrected chi connectivity index (χ1v) is 6.95. The molecule has 0 saturated heterocycles. The molecule has 1 atom stereocenters. The highest BCUT2D eigenvalue weighted by molar-refractivity contribution is 7.16. The predicted molar refractivity (Wildman–Crippen MR) is 80.8 cm³/mol. The minimum atomic E-state index is -0.763. The van der Waals surface area contributed by atoms with Gasteiger partial charge >= 0.3 is 5.69 Å². The summed E-state index contributed by atoms with van der Waals surface area (Å²) in [5, 5.41) is 30.1. The number of hydrogen-bond donors (Lipinski definition) is 1. The van der Waals surface area contributed by atoms with E-state index in [-0.39, 0.29) is 5.69 Å². The number of nitro groups is 1. The van der Waals surface area contributed by atoms with Crippen molar-refractivity contribution in [2.75, 3.05) is 11.9 Å². The largest absolute Gasteiger partial charge is 0.388 e. The summed E-state index contributed by atoms with van der Waals surface area (Å²) < 4.78 is 0. The normalized spacial score (nSPS) is 11.7. The summed E-state index contributed by atoms with van der Waals surface area (Å²) in [5.41, 5.74) is 1.10. The van der Waals surface area contributed by atoms with Crippen molar-refractivity contribution in [1.82, 2.24) is 0 Å². The van der Waals surface area contributed by atoms with Crippen molar-refractivity contribution in [1.29, 1.82) is 5.26 Å². The Balaban J connectivity index is 2.49. The van der Waals surface area contributed by atoms with Gasteiger partial charge in [0.1, 0.15) is 0 Å². The van der Waals surface area contributed by atoms with Crippen LogP contribution in [0, 0.1) is 21.4 Å². The fourth-order valence-corrected chi connectivity index (χ4v) is 2.91. The van der Waals surface area contributed by atoms with E-state index in [9.17, 15) is 15.2 Å². The van der Waals surface area contributed by atoms with Gasteiger partial charge in [-0.15, -0.1) is 11.3 Å². The van der Waals surface area contributed by atoms with Crippen LogP contribution in [0.1, 0.15) is 23.5 Å². The smallest absolute Gasteiger partial charge is 0.304 e. The second kappa shape index (κ2) is 5.91. The molecule has 2 rings (SSSR count). The Morgan fingerprint density at radius 3 is 2.76 bits per heavy atom. The van der Waals surface area contributed by atoms with Crippen molar-refractivity contribution >= 4 is 27.7 Å². The fourth-order valence-electron chi connectivity index (χ4n) is 1.87. The van der Waals surface area contributed by atoms with E-state index < -0.39 is 11.0 Å². The van der Waals surface area contributed by atoms with E-state index in [0.29, 0.717) is 21.1 Å². The summed E-state index contributed by atoms with van der Waals surface area (Å²) in [5.74, 6) is 0. The monoisotopic (exact) mass is 303 g/mol. The SMILES string of the molecule is CC(O)c1cc([N+](=O)[O-])c(N(C)c2cccc(C#N)c2)s1. The summed E-state index contributed by atoms with van der Waals surface area (Å²) in [6, 6.07) is 10.2. The minimum Gasteiger partial charge on any atom is -0.388 e. The molecule has 2 aromatic rings. The van der Waals surface area contributed by atoms with Crippen molar-refractivity contribution < 1.29 is 10.0 Å². The molecule has 21 heavy (non-hydrogen) atoms. The van der Waals surface area contributed by atoms with Gasteiger partial charge in [-0.2, -0.15) is 5.26 Å². The minimum absolute atomic E-state index is 0.0549. The van der Waals surface area contributed by atoms with Gasteiger partial charge in [-0.1, -0.05) is 6.07 Å². The van der Waals surface area contributed by atoms with Gasteiger partial charge in [-0.05, 0) is 25.1 Å². The fraction of sp³-hybridized carbons (Fsp3) is 0.214. The molecule has 0 aliphatic carbocycles. The molecule has 1 aromatic heterocycles. The maximum atomic E-state index is 11.2. The zero-order valence-electron chi connectivity index (χ0n) is 11.5. The van der Waals surface area contributed by atoms with Crippen LogP contribution in [0.25, 0.3) is 0 Å². The number of rotatable bonds is 4. The molecule has 0 fully saturated rings. The van der Waals surface area contributed by atoms with Crippen LogP contribution in [0.15, 0.2) is 30.3 Å². The molecular formula is C14H13N3O3S. The molecule has 0 aliphatic rings. The summed E-state index contributed by atoms with van der Waals surface area (Å²) in [6.45, 7) is 1.57. The molecule has 0 radical (unpaired) electrons. The molecule has 7 heteroatoms. The lowest BCUT2D eigenvalue weighted by Crippen LogP contribution is -2.09. The van der Waals surface area contributed by atoms with Crippen LogP contribution in [-0.4, -0.2) is 17.1 Å². The van der Waals surface area contributed by atoms with Gasteiger partial charge in [-0.25, -0.2) is 0 Å². The Labute approximate surface area is 125 Å². The molecule has 0 aliphatic heterocycles. The Kier molecular flexibility index (Phi) is 4.21. The Bertz CT molecular complexity index is 718. The number of aliphatic hydroxyl groups excluding tert-OH is 1. The maximum absolute atomic E-state index is 11.2. The van der Waals surface area contributed by atoms with E-state index in [1.165, 1.54) is 6.07 Å². The second-order valence-electron chi connectivity index (χ2n) is 4.49. The average molecular weight is 303 g/mol. The molecule has 0 spiro atoms. The first-order chi connectivity index (χ1) is 9.93. The molecule has 1 aromatic carbocycles. The van der Waals surface area contributed by atoms with Crippen molar-refractivity contribution in [3.05, 3.63) is 50.9 Å². The molecule has 108 valence electrons. The lowest BCUT2D eigenvalue weighted by Gasteiger charge is -2.17. The third kappa shape index (κ3) is 3.02. The van der Waals surface area contributed by atoms with E-state index in [1.54, 1.807) is 43.1 Å². The second-order valence-corrected chi connectivity index (χ2v) is 5.56. The van der Waals surface area contributed by atoms with E-state index in [1.807, 2.05) is 6.07 Å². The van der Waals surface area contributed by atoms with Gasteiger partial charge in [0.15, 0.2) is 5.00 Å². The van der Waals surface area contributed by atoms with Crippen molar-refractivity contribution in [3.8, 4) is 6.07 Å². The van der Waals surface area contributed by atoms with Crippen LogP contribution in [0.3, 0.4) is 0 Å². The van der Waals surface area contributed by atoms with Crippen LogP contribution < -0.4 is 4.90 Å². The zero-order chi connectivity index (χ0) is 15.6. The molecular weight excluding hydrogens is 290 g/mol. The van der Waals surface area contributed by atoms with Gasteiger partial charge in [0.05, 0.1) is 22.7 Å². The standard InChI is InChI=1S/C14H13N3O3S/c1-9(18)13-7-12(17(19)20)14(21-13)16(2)11-5-3-4-10(6-11)8-15/h3-7,9,18H,1-2H3. The molecule has 1 unspecified atom stereocenters. The highest BCUT2D eigenvalue weighted by Crippen LogP contribution is 2.42. The molecule has 0 saturated carbocycles. The zero-order valence-corrected chi connectivity index (χ0v) is 12.3. The van der Waals surface area contributed by atoms with Crippen molar-refractivity contribution in [2.24, 2.45) is 0 Å². The van der Waals surface area contributed by atoms with E-state index in [4.69, 9.17) is 5.26 Å². The number of hydrogen-bond acceptors (Lipinski definition) is 6. The highest BCUT2D eigenvalue weighted by atomic mass is 32.1. The van der Waals surface area contributed by atoms with Crippen molar-refractivity contribution in [3.63, 3.8) is 0 Å². The van der Waals surface area contributed by atoms with E-state index >= 15 is 0 Å². The predicted octanol–water partition coefficient (Wildman–Crippen LogP) is 3.35. The van der Waals surface area contributed by atoms with Gasteiger partial charge in [0.25, 0.3) is 0 Å². The highest BCUT2D eigenvalue weighted by Gasteiger charge is 2.24. The van der Waals surface area contributed by atoms with E-state index in [2.05, 4.69) is 0 Å². The number of aliphatic hydroxyl groups is 1. The topological polar surface area (TPSA) is 90.4 Å².